The summed E-state index contributed by atoms with van der Waals surface area (Å²) < 4.78 is 33.5. The average Bonchev–Trinajstić information content (AvgIpc) is 2.53. The second kappa shape index (κ2) is 7.26. The molecule has 118 valence electrons. The van der Waals surface area contributed by atoms with E-state index < -0.39 is 10.0 Å². The van der Waals surface area contributed by atoms with Gasteiger partial charge >= 0.3 is 0 Å². The molecule has 0 bridgehead atoms. The summed E-state index contributed by atoms with van der Waals surface area (Å²) in [6.07, 6.45) is 0.649. The highest BCUT2D eigenvalue weighted by Gasteiger charge is 2.22. The van der Waals surface area contributed by atoms with E-state index in [1.54, 1.807) is 31.4 Å². The van der Waals surface area contributed by atoms with Gasteiger partial charge in [0, 0.05) is 10.5 Å². The number of methoxy groups -OCH3 is 1. The monoisotopic (exact) mass is 383 g/mol. The predicted molar refractivity (Wildman–Crippen MR) is 90.5 cm³/mol. The summed E-state index contributed by atoms with van der Waals surface area (Å²) in [5, 5.41) is 0. The lowest BCUT2D eigenvalue weighted by atomic mass is 10.1. The number of nitrogens with one attached hydrogen (secondary N) is 1. The van der Waals surface area contributed by atoms with Gasteiger partial charge in [0.2, 0.25) is 10.0 Å². The van der Waals surface area contributed by atoms with Gasteiger partial charge in [0.1, 0.15) is 5.75 Å². The molecule has 0 amide bonds. The Kier molecular flexibility index (Phi) is 5.61. The third-order valence-corrected chi connectivity index (χ3v) is 5.83. The average molecular weight is 384 g/mol. The number of benzene rings is 2. The van der Waals surface area contributed by atoms with Crippen molar-refractivity contribution in [3.63, 3.8) is 0 Å². The fourth-order valence-corrected chi connectivity index (χ4v) is 4.45. The summed E-state index contributed by atoms with van der Waals surface area (Å²) >= 11 is 3.28. The molecule has 6 heteroatoms. The molecule has 0 aliphatic carbocycles. The molecule has 0 fully saturated rings. The van der Waals surface area contributed by atoms with Crippen molar-refractivity contribution in [2.75, 3.05) is 7.11 Å². The molecule has 22 heavy (non-hydrogen) atoms. The van der Waals surface area contributed by atoms with Crippen molar-refractivity contribution in [3.8, 4) is 5.75 Å². The van der Waals surface area contributed by atoms with E-state index >= 15 is 0 Å². The first-order chi connectivity index (χ1) is 10.5. The predicted octanol–water partition coefficient (Wildman–Crippen LogP) is 3.89. The van der Waals surface area contributed by atoms with Gasteiger partial charge in [-0.05, 0) is 52.2 Å². The molecular weight excluding hydrogens is 366 g/mol. The van der Waals surface area contributed by atoms with E-state index in [1.807, 2.05) is 31.2 Å². The molecule has 4 nitrogen and oxygen atoms in total. The quantitative estimate of drug-likeness (QED) is 0.822. The van der Waals surface area contributed by atoms with Crippen LogP contribution in [0.5, 0.6) is 5.75 Å². The normalized spacial score (nSPS) is 12.9. The Morgan fingerprint density at radius 1 is 1.14 bits per heavy atom. The first-order valence-electron chi connectivity index (χ1n) is 6.88. The van der Waals surface area contributed by atoms with Gasteiger partial charge in [-0.25, -0.2) is 13.1 Å². The minimum atomic E-state index is -3.59. The molecule has 0 saturated carbocycles. The minimum absolute atomic E-state index is 0.238. The molecule has 0 aliphatic heterocycles. The zero-order valence-corrected chi connectivity index (χ0v) is 14.8. The highest BCUT2D eigenvalue weighted by molar-refractivity contribution is 9.10. The van der Waals surface area contributed by atoms with Crippen molar-refractivity contribution in [2.24, 2.45) is 0 Å². The van der Waals surface area contributed by atoms with Crippen LogP contribution in [-0.2, 0) is 10.0 Å². The Hall–Kier alpha value is -1.37. The Balaban J connectivity index is 2.27. The van der Waals surface area contributed by atoms with Gasteiger partial charge in [0.25, 0.3) is 0 Å². The number of ether oxygens (including phenoxy) is 1. The number of hydrogen-bond acceptors (Lipinski definition) is 3. The second-order valence-corrected chi connectivity index (χ2v) is 7.32. The maximum Gasteiger partial charge on any atom is 0.242 e. The van der Waals surface area contributed by atoms with Gasteiger partial charge in [-0.15, -0.1) is 0 Å². The van der Waals surface area contributed by atoms with Crippen LogP contribution in [0.1, 0.15) is 24.9 Å². The van der Waals surface area contributed by atoms with Gasteiger partial charge in [0.15, 0.2) is 0 Å². The van der Waals surface area contributed by atoms with Gasteiger partial charge in [0.05, 0.1) is 12.0 Å². The zero-order chi connectivity index (χ0) is 16.2. The fourth-order valence-electron chi connectivity index (χ4n) is 2.14. The SMILES string of the molecule is CCC(NS(=O)(=O)c1ccccc1Br)c1ccc(OC)cc1. The van der Waals surface area contributed by atoms with Crippen LogP contribution in [0.15, 0.2) is 57.9 Å². The summed E-state index contributed by atoms with van der Waals surface area (Å²) in [6.45, 7) is 1.94. The van der Waals surface area contributed by atoms with Crippen molar-refractivity contribution >= 4 is 26.0 Å². The van der Waals surface area contributed by atoms with Gasteiger partial charge in [-0.1, -0.05) is 31.2 Å². The van der Waals surface area contributed by atoms with E-state index in [1.165, 1.54) is 0 Å². The largest absolute Gasteiger partial charge is 0.497 e. The summed E-state index contributed by atoms with van der Waals surface area (Å²) in [5.41, 5.74) is 0.902. The molecule has 0 heterocycles. The molecular formula is C16H18BrNO3S. The molecule has 1 atom stereocenters. The van der Waals surface area contributed by atoms with E-state index in [2.05, 4.69) is 20.7 Å². The van der Waals surface area contributed by atoms with Crippen LogP contribution >= 0.6 is 15.9 Å². The maximum atomic E-state index is 12.6. The van der Waals surface area contributed by atoms with Crippen LogP contribution in [-0.4, -0.2) is 15.5 Å². The van der Waals surface area contributed by atoms with Crippen molar-refractivity contribution in [2.45, 2.75) is 24.3 Å². The molecule has 1 unspecified atom stereocenters. The summed E-state index contributed by atoms with van der Waals surface area (Å²) in [5.74, 6) is 0.743. The third-order valence-electron chi connectivity index (χ3n) is 3.35. The van der Waals surface area contributed by atoms with Crippen molar-refractivity contribution < 1.29 is 13.2 Å². The lowest BCUT2D eigenvalue weighted by molar-refractivity contribution is 0.414. The number of rotatable bonds is 6. The maximum absolute atomic E-state index is 12.6. The molecule has 2 aromatic rings. The molecule has 0 spiro atoms. The summed E-state index contributed by atoms with van der Waals surface area (Å²) in [6, 6.07) is 13.9. The lowest BCUT2D eigenvalue weighted by Gasteiger charge is -2.18. The van der Waals surface area contributed by atoms with Gasteiger partial charge in [-0.2, -0.15) is 0 Å². The van der Waals surface area contributed by atoms with Gasteiger partial charge < -0.3 is 4.74 Å². The molecule has 2 rings (SSSR count). The fraction of sp³-hybridized carbons (Fsp3) is 0.250. The second-order valence-electron chi connectivity index (χ2n) is 4.79. The minimum Gasteiger partial charge on any atom is -0.497 e. The Morgan fingerprint density at radius 2 is 1.77 bits per heavy atom. The molecule has 0 saturated heterocycles. The van der Waals surface area contributed by atoms with Crippen LogP contribution in [0, 0.1) is 0 Å². The highest BCUT2D eigenvalue weighted by Crippen LogP contribution is 2.25. The smallest absolute Gasteiger partial charge is 0.242 e. The first kappa shape index (κ1) is 17.0. The van der Waals surface area contributed by atoms with E-state index in [0.717, 1.165) is 11.3 Å². The Labute approximate surface area is 139 Å². The standard InChI is InChI=1S/C16H18BrNO3S/c1-3-15(12-8-10-13(21-2)11-9-12)18-22(19,20)16-7-5-4-6-14(16)17/h4-11,15,18H,3H2,1-2H3. The van der Waals surface area contributed by atoms with Crippen LogP contribution in [0.25, 0.3) is 0 Å². The number of sulfonamides is 1. The summed E-state index contributed by atoms with van der Waals surface area (Å²) in [7, 11) is -2.00. The highest BCUT2D eigenvalue weighted by atomic mass is 79.9. The van der Waals surface area contributed by atoms with Crippen molar-refractivity contribution in [1.29, 1.82) is 0 Å². The molecule has 0 aromatic heterocycles. The van der Waals surface area contributed by atoms with Crippen molar-refractivity contribution in [1.82, 2.24) is 4.72 Å². The van der Waals surface area contributed by atoms with Crippen LogP contribution < -0.4 is 9.46 Å². The molecule has 1 N–H and O–H groups in total. The van der Waals surface area contributed by atoms with E-state index in [-0.39, 0.29) is 10.9 Å². The molecule has 0 radical (unpaired) electrons. The number of halogens is 1. The molecule has 2 aromatic carbocycles. The van der Waals surface area contributed by atoms with Crippen LogP contribution in [0.2, 0.25) is 0 Å². The van der Waals surface area contributed by atoms with Crippen LogP contribution in [0.3, 0.4) is 0 Å². The van der Waals surface area contributed by atoms with Crippen molar-refractivity contribution in [3.05, 3.63) is 58.6 Å². The zero-order valence-electron chi connectivity index (χ0n) is 12.4. The topological polar surface area (TPSA) is 55.4 Å². The van der Waals surface area contributed by atoms with Crippen LogP contribution in [0.4, 0.5) is 0 Å². The Bertz CT molecular complexity index is 729. The van der Waals surface area contributed by atoms with E-state index in [4.69, 9.17) is 4.74 Å². The lowest BCUT2D eigenvalue weighted by Crippen LogP contribution is -2.28. The van der Waals surface area contributed by atoms with E-state index in [9.17, 15) is 8.42 Å². The Morgan fingerprint density at radius 3 is 2.32 bits per heavy atom. The summed E-state index contributed by atoms with van der Waals surface area (Å²) in [4.78, 5) is 0.238. The van der Waals surface area contributed by atoms with E-state index in [0.29, 0.717) is 10.9 Å². The third kappa shape index (κ3) is 3.88. The van der Waals surface area contributed by atoms with Gasteiger partial charge in [-0.3, -0.25) is 0 Å². The number of hydrogen-bond donors (Lipinski definition) is 1. The molecule has 0 aliphatic rings. The first-order valence-corrected chi connectivity index (χ1v) is 9.16.